The molecule has 5 nitrogen and oxygen atoms in total. The van der Waals surface area contributed by atoms with Gasteiger partial charge >= 0.3 is 0 Å². The van der Waals surface area contributed by atoms with E-state index in [9.17, 15) is 8.42 Å². The molecule has 2 N–H and O–H groups in total. The van der Waals surface area contributed by atoms with Crippen LogP contribution < -0.4 is 10.0 Å². The molecule has 0 unspecified atom stereocenters. The highest BCUT2D eigenvalue weighted by atomic mass is 32.2. The van der Waals surface area contributed by atoms with Crippen molar-refractivity contribution in [1.82, 2.24) is 10.0 Å². The zero-order valence-corrected chi connectivity index (χ0v) is 13.6. The number of sulfonamides is 1. The molecule has 0 atom stereocenters. The number of rotatable bonds is 8. The van der Waals surface area contributed by atoms with Crippen LogP contribution >= 0.6 is 11.3 Å². The third-order valence-corrected chi connectivity index (χ3v) is 6.84. The zero-order valence-electron chi connectivity index (χ0n) is 11.9. The van der Waals surface area contributed by atoms with E-state index in [1.54, 1.807) is 13.2 Å². The normalized spacial score (nSPS) is 17.9. The summed E-state index contributed by atoms with van der Waals surface area (Å²) in [7, 11) is 0.116. The minimum atomic E-state index is -3.42. The van der Waals surface area contributed by atoms with Crippen LogP contribution in [0.1, 0.15) is 24.1 Å². The second-order valence-corrected chi connectivity index (χ2v) is 8.30. The summed E-state index contributed by atoms with van der Waals surface area (Å²) in [5, 5.41) is 3.06. The molecule has 0 aromatic carbocycles. The maximum atomic E-state index is 12.3. The van der Waals surface area contributed by atoms with Gasteiger partial charge in [0.05, 0.1) is 5.60 Å². The Kier molecular flexibility index (Phi) is 5.19. The summed E-state index contributed by atoms with van der Waals surface area (Å²) in [4.78, 5) is 1.07. The fourth-order valence-corrected chi connectivity index (χ4v) is 4.72. The topological polar surface area (TPSA) is 67.4 Å². The number of thiophene rings is 1. The van der Waals surface area contributed by atoms with Crippen molar-refractivity contribution >= 4 is 21.4 Å². The fraction of sp³-hybridized carbons (Fsp3) is 0.692. The van der Waals surface area contributed by atoms with Crippen molar-refractivity contribution in [2.24, 2.45) is 0 Å². The maximum Gasteiger partial charge on any atom is 0.250 e. The maximum absolute atomic E-state index is 12.3. The van der Waals surface area contributed by atoms with Crippen molar-refractivity contribution < 1.29 is 13.2 Å². The molecule has 1 heterocycles. The first-order chi connectivity index (χ1) is 9.51. The highest BCUT2D eigenvalue weighted by molar-refractivity contribution is 7.91. The van der Waals surface area contributed by atoms with E-state index in [1.807, 2.05) is 13.1 Å². The monoisotopic (exact) mass is 318 g/mol. The van der Waals surface area contributed by atoms with E-state index >= 15 is 0 Å². The van der Waals surface area contributed by atoms with Crippen LogP contribution in [0, 0.1) is 0 Å². The molecule has 1 aliphatic rings. The van der Waals surface area contributed by atoms with Gasteiger partial charge < -0.3 is 10.1 Å². The molecule has 1 aromatic heterocycles. The third kappa shape index (κ3) is 3.59. The van der Waals surface area contributed by atoms with Gasteiger partial charge in [0.15, 0.2) is 0 Å². The molecule has 1 aliphatic carbocycles. The number of methoxy groups -OCH3 is 1. The molecule has 1 fully saturated rings. The Labute approximate surface area is 124 Å². The molecule has 1 saturated carbocycles. The molecule has 2 rings (SSSR count). The average molecular weight is 318 g/mol. The van der Waals surface area contributed by atoms with Gasteiger partial charge in [-0.1, -0.05) is 0 Å². The van der Waals surface area contributed by atoms with Gasteiger partial charge in [0.1, 0.15) is 4.21 Å². The lowest BCUT2D eigenvalue weighted by Crippen LogP contribution is -2.49. The van der Waals surface area contributed by atoms with Gasteiger partial charge in [-0.15, -0.1) is 11.3 Å². The first-order valence-corrected chi connectivity index (χ1v) is 9.09. The molecule has 1 aromatic rings. The standard InChI is InChI=1S/C13H22N2O3S2/c1-14-9-6-11-4-5-12(19-11)20(16,17)15-10-13(18-2)7-3-8-13/h4-5,14-15H,3,6-10H2,1-2H3. The summed E-state index contributed by atoms with van der Waals surface area (Å²) in [6.45, 7) is 1.20. The van der Waals surface area contributed by atoms with Gasteiger partial charge in [-0.2, -0.15) is 0 Å². The second-order valence-electron chi connectivity index (χ2n) is 5.14. The van der Waals surface area contributed by atoms with Crippen molar-refractivity contribution in [3.8, 4) is 0 Å². The Morgan fingerprint density at radius 3 is 2.70 bits per heavy atom. The Morgan fingerprint density at radius 2 is 2.15 bits per heavy atom. The predicted octanol–water partition coefficient (Wildman–Crippen LogP) is 1.36. The SMILES string of the molecule is CNCCc1ccc(S(=O)(=O)NCC2(OC)CCC2)s1. The summed E-state index contributed by atoms with van der Waals surface area (Å²) >= 11 is 1.33. The van der Waals surface area contributed by atoms with Gasteiger partial charge in [0.2, 0.25) is 10.0 Å². The Hall–Kier alpha value is -0.470. The lowest BCUT2D eigenvalue weighted by atomic mass is 9.80. The zero-order chi connectivity index (χ0) is 14.6. The van der Waals surface area contributed by atoms with E-state index < -0.39 is 10.0 Å². The molecule has 114 valence electrons. The summed E-state index contributed by atoms with van der Waals surface area (Å²) in [5.74, 6) is 0. The van der Waals surface area contributed by atoms with Gasteiger partial charge in [-0.05, 0) is 51.4 Å². The molecule has 0 saturated heterocycles. The average Bonchev–Trinajstić information content (AvgIpc) is 2.85. The molecule has 0 amide bonds. The number of nitrogens with one attached hydrogen (secondary N) is 2. The fourth-order valence-electron chi connectivity index (χ4n) is 2.21. The summed E-state index contributed by atoms with van der Waals surface area (Å²) < 4.78 is 33.0. The molecule has 7 heteroatoms. The first-order valence-electron chi connectivity index (χ1n) is 6.79. The Balaban J connectivity index is 1.97. The lowest BCUT2D eigenvalue weighted by molar-refractivity contribution is -0.0659. The first kappa shape index (κ1) is 15.9. The Morgan fingerprint density at radius 1 is 1.40 bits per heavy atom. The van der Waals surface area contributed by atoms with E-state index in [0.717, 1.165) is 37.1 Å². The van der Waals surface area contributed by atoms with Crippen LogP contribution in [-0.4, -0.2) is 41.3 Å². The van der Waals surface area contributed by atoms with E-state index in [1.165, 1.54) is 11.3 Å². The van der Waals surface area contributed by atoms with Crippen LogP contribution in [0.15, 0.2) is 16.3 Å². The highest BCUT2D eigenvalue weighted by Gasteiger charge is 2.38. The van der Waals surface area contributed by atoms with Gasteiger partial charge in [-0.25, -0.2) is 13.1 Å². The van der Waals surface area contributed by atoms with Gasteiger partial charge in [-0.3, -0.25) is 0 Å². The van der Waals surface area contributed by atoms with Crippen molar-refractivity contribution in [1.29, 1.82) is 0 Å². The van der Waals surface area contributed by atoms with Gasteiger partial charge in [0, 0.05) is 18.5 Å². The number of ether oxygens (including phenoxy) is 1. The lowest BCUT2D eigenvalue weighted by Gasteiger charge is -2.40. The smallest absolute Gasteiger partial charge is 0.250 e. The largest absolute Gasteiger partial charge is 0.377 e. The quantitative estimate of drug-likeness (QED) is 0.759. The summed E-state index contributed by atoms with van der Waals surface area (Å²) in [5.41, 5.74) is -0.292. The number of likely N-dealkylation sites (N-methyl/N-ethyl adjacent to an activating group) is 1. The molecule has 20 heavy (non-hydrogen) atoms. The number of hydrogen-bond donors (Lipinski definition) is 2. The van der Waals surface area contributed by atoms with E-state index in [-0.39, 0.29) is 5.60 Å². The van der Waals surface area contributed by atoms with Crippen LogP contribution in [0.3, 0.4) is 0 Å². The summed E-state index contributed by atoms with van der Waals surface area (Å²) in [6.07, 6.45) is 3.79. The van der Waals surface area contributed by atoms with Crippen molar-refractivity contribution in [2.45, 2.75) is 35.5 Å². The summed E-state index contributed by atoms with van der Waals surface area (Å²) in [6, 6.07) is 3.56. The highest BCUT2D eigenvalue weighted by Crippen LogP contribution is 2.34. The number of hydrogen-bond acceptors (Lipinski definition) is 5. The van der Waals surface area contributed by atoms with Crippen molar-refractivity contribution in [3.63, 3.8) is 0 Å². The van der Waals surface area contributed by atoms with Crippen LogP contribution in [0.25, 0.3) is 0 Å². The van der Waals surface area contributed by atoms with Crippen LogP contribution in [0.2, 0.25) is 0 Å². The predicted molar refractivity (Wildman–Crippen MR) is 80.7 cm³/mol. The van der Waals surface area contributed by atoms with Crippen LogP contribution in [0.5, 0.6) is 0 Å². The molecule has 0 spiro atoms. The minimum absolute atomic E-state index is 0.292. The second kappa shape index (κ2) is 6.53. The van der Waals surface area contributed by atoms with E-state index in [2.05, 4.69) is 10.0 Å². The molecule has 0 aliphatic heterocycles. The minimum Gasteiger partial charge on any atom is -0.377 e. The third-order valence-electron chi connectivity index (χ3n) is 3.81. The molecule has 0 bridgehead atoms. The van der Waals surface area contributed by atoms with E-state index in [4.69, 9.17) is 4.74 Å². The van der Waals surface area contributed by atoms with Crippen LogP contribution in [-0.2, 0) is 21.2 Å². The van der Waals surface area contributed by atoms with E-state index in [0.29, 0.717) is 10.8 Å². The molecular formula is C13H22N2O3S2. The Bertz CT molecular complexity index is 530. The van der Waals surface area contributed by atoms with Crippen molar-refractivity contribution in [3.05, 3.63) is 17.0 Å². The molecular weight excluding hydrogens is 296 g/mol. The van der Waals surface area contributed by atoms with Crippen LogP contribution in [0.4, 0.5) is 0 Å². The van der Waals surface area contributed by atoms with Crippen molar-refractivity contribution in [2.75, 3.05) is 27.2 Å². The molecule has 0 radical (unpaired) electrons. The van der Waals surface area contributed by atoms with Gasteiger partial charge in [0.25, 0.3) is 0 Å².